The molecule has 7 nitrogen and oxygen atoms in total. The van der Waals surface area contributed by atoms with Crippen molar-refractivity contribution in [1.29, 1.82) is 0 Å². The van der Waals surface area contributed by atoms with Gasteiger partial charge in [0.1, 0.15) is 5.75 Å². The van der Waals surface area contributed by atoms with Crippen LogP contribution in [0.1, 0.15) is 12.0 Å². The topological polar surface area (TPSA) is 83.0 Å². The van der Waals surface area contributed by atoms with Crippen LogP contribution in [0.5, 0.6) is 5.75 Å². The summed E-state index contributed by atoms with van der Waals surface area (Å²) >= 11 is 0. The van der Waals surface area contributed by atoms with Gasteiger partial charge >= 0.3 is 6.36 Å². The van der Waals surface area contributed by atoms with E-state index in [1.54, 1.807) is 6.07 Å². The first kappa shape index (κ1) is 21.2. The molecule has 10 heteroatoms. The lowest BCUT2D eigenvalue weighted by molar-refractivity contribution is -0.274. The molecule has 2 fully saturated rings. The third kappa shape index (κ3) is 4.24. The van der Waals surface area contributed by atoms with Gasteiger partial charge in [0.15, 0.2) is 5.96 Å². The van der Waals surface area contributed by atoms with Gasteiger partial charge in [0.05, 0.1) is 11.8 Å². The molecule has 3 aliphatic rings. The number of ether oxygens (including phenoxy) is 1. The van der Waals surface area contributed by atoms with E-state index in [-0.39, 0.29) is 60.9 Å². The second-order valence-corrected chi connectivity index (χ2v) is 7.84. The highest BCUT2D eigenvalue weighted by atomic mass is 19.4. The maximum absolute atomic E-state index is 12.7. The molecule has 4 unspecified atom stereocenters. The van der Waals surface area contributed by atoms with E-state index in [0.717, 1.165) is 6.42 Å². The Bertz CT molecular complexity index is 901. The molecule has 4 rings (SSSR count). The van der Waals surface area contributed by atoms with Crippen LogP contribution in [0.25, 0.3) is 0 Å². The van der Waals surface area contributed by atoms with Gasteiger partial charge in [-0.05, 0) is 24.3 Å². The number of carbonyl (C=O) groups is 2. The average Bonchev–Trinajstić information content (AvgIpc) is 3.40. The van der Waals surface area contributed by atoms with Crippen molar-refractivity contribution < 1.29 is 27.5 Å². The molecule has 31 heavy (non-hydrogen) atoms. The minimum Gasteiger partial charge on any atom is -0.405 e. The summed E-state index contributed by atoms with van der Waals surface area (Å²) in [7, 11) is 1.52. The Balaban J connectivity index is 1.29. The van der Waals surface area contributed by atoms with Crippen LogP contribution in [0.15, 0.2) is 41.4 Å². The van der Waals surface area contributed by atoms with Crippen molar-refractivity contribution in [3.63, 3.8) is 0 Å². The summed E-state index contributed by atoms with van der Waals surface area (Å²) in [6, 6.07) is 5.83. The molecule has 2 amide bonds. The molecule has 1 aromatic rings. The number of imide groups is 1. The molecule has 2 bridgehead atoms. The van der Waals surface area contributed by atoms with Crippen molar-refractivity contribution in [3.05, 3.63) is 42.0 Å². The maximum Gasteiger partial charge on any atom is 0.573 e. The Morgan fingerprint density at radius 3 is 2.39 bits per heavy atom. The van der Waals surface area contributed by atoms with Crippen LogP contribution in [-0.4, -0.2) is 49.2 Å². The number of rotatable bonds is 6. The third-order valence-electron chi connectivity index (χ3n) is 6.06. The predicted octanol–water partition coefficient (Wildman–Crippen LogP) is 2.06. The van der Waals surface area contributed by atoms with Gasteiger partial charge in [0.25, 0.3) is 0 Å². The van der Waals surface area contributed by atoms with Crippen molar-refractivity contribution in [2.45, 2.75) is 19.3 Å². The summed E-state index contributed by atoms with van der Waals surface area (Å²) < 4.78 is 41.7. The molecule has 0 spiro atoms. The second kappa shape index (κ2) is 8.24. The fraction of sp³-hybridized carbons (Fsp3) is 0.476. The molecule has 1 saturated heterocycles. The second-order valence-electron chi connectivity index (χ2n) is 7.84. The Morgan fingerprint density at radius 1 is 1.13 bits per heavy atom. The van der Waals surface area contributed by atoms with Gasteiger partial charge in [-0.15, -0.1) is 13.2 Å². The number of hydrogen-bond acceptors (Lipinski definition) is 4. The molecule has 2 N–H and O–H groups in total. The number of nitrogens with zero attached hydrogens (tertiary/aromatic N) is 2. The van der Waals surface area contributed by atoms with Gasteiger partial charge in [0, 0.05) is 32.2 Å². The number of halogens is 3. The van der Waals surface area contributed by atoms with Gasteiger partial charge in [-0.25, -0.2) is 0 Å². The van der Waals surface area contributed by atoms with E-state index in [1.165, 1.54) is 30.1 Å². The first-order valence-electron chi connectivity index (χ1n) is 10.1. The average molecular weight is 436 g/mol. The highest BCUT2D eigenvalue weighted by molar-refractivity contribution is 6.06. The molecule has 1 heterocycles. The Labute approximate surface area is 177 Å². The number of allylic oxidation sites excluding steroid dienone is 2. The summed E-state index contributed by atoms with van der Waals surface area (Å²) in [5, 5.41) is 5.91. The zero-order chi connectivity index (χ0) is 22.2. The Kier molecular flexibility index (Phi) is 5.63. The number of guanidine groups is 1. The van der Waals surface area contributed by atoms with E-state index in [1.807, 2.05) is 12.2 Å². The number of alkyl halides is 3. The first-order valence-corrected chi connectivity index (χ1v) is 10.1. The van der Waals surface area contributed by atoms with Gasteiger partial charge < -0.3 is 15.4 Å². The van der Waals surface area contributed by atoms with Crippen LogP contribution in [-0.2, 0) is 16.1 Å². The standard InChI is InChI=1S/C21H23F3N4O3/c1-25-20(27-11-14-4-2-3-5-15(14)31-21(22,23)24)26-8-9-28-18(29)16-12-6-7-13(10-12)17(16)19(28)30/h2-7,12-13,16-17H,8-11H2,1H3,(H2,25,26,27). The van der Waals surface area contributed by atoms with Crippen LogP contribution in [0.3, 0.4) is 0 Å². The highest BCUT2D eigenvalue weighted by Gasteiger charge is 2.58. The molecular weight excluding hydrogens is 413 g/mol. The van der Waals surface area contributed by atoms with Crippen LogP contribution in [0, 0.1) is 23.7 Å². The number of fused-ring (bicyclic) bond motifs is 5. The van der Waals surface area contributed by atoms with E-state index in [9.17, 15) is 22.8 Å². The van der Waals surface area contributed by atoms with Crippen LogP contribution < -0.4 is 15.4 Å². The van der Waals surface area contributed by atoms with Crippen molar-refractivity contribution in [3.8, 4) is 5.75 Å². The van der Waals surface area contributed by atoms with E-state index >= 15 is 0 Å². The lowest BCUT2D eigenvalue weighted by atomic mass is 9.85. The maximum atomic E-state index is 12.7. The monoisotopic (exact) mass is 436 g/mol. The van der Waals surface area contributed by atoms with Crippen molar-refractivity contribution in [1.82, 2.24) is 15.5 Å². The van der Waals surface area contributed by atoms with Crippen molar-refractivity contribution in [2.24, 2.45) is 28.7 Å². The lowest BCUT2D eigenvalue weighted by Gasteiger charge is -2.19. The summed E-state index contributed by atoms with van der Waals surface area (Å²) in [6.07, 6.45) is 0.197. The molecular formula is C21H23F3N4O3. The number of carbonyl (C=O) groups excluding carboxylic acids is 2. The Hall–Kier alpha value is -3.04. The van der Waals surface area contributed by atoms with Gasteiger partial charge in [0.2, 0.25) is 11.8 Å². The molecule has 1 aromatic carbocycles. The normalized spacial score (nSPS) is 27.1. The molecule has 166 valence electrons. The zero-order valence-electron chi connectivity index (χ0n) is 16.9. The molecule has 1 saturated carbocycles. The van der Waals surface area contributed by atoms with Crippen LogP contribution in [0.2, 0.25) is 0 Å². The van der Waals surface area contributed by atoms with Gasteiger partial charge in [-0.1, -0.05) is 30.4 Å². The lowest BCUT2D eigenvalue weighted by Crippen LogP contribution is -2.43. The smallest absolute Gasteiger partial charge is 0.405 e. The number of para-hydroxylation sites is 1. The molecule has 0 aromatic heterocycles. The fourth-order valence-electron chi connectivity index (χ4n) is 4.74. The van der Waals surface area contributed by atoms with Crippen LogP contribution >= 0.6 is 0 Å². The number of amides is 2. The number of benzene rings is 1. The van der Waals surface area contributed by atoms with E-state index in [4.69, 9.17) is 0 Å². The minimum absolute atomic E-state index is 0.0483. The summed E-state index contributed by atoms with van der Waals surface area (Å²) in [6.45, 7) is 0.533. The molecule has 1 aliphatic heterocycles. The predicted molar refractivity (Wildman–Crippen MR) is 106 cm³/mol. The largest absolute Gasteiger partial charge is 0.573 e. The zero-order valence-corrected chi connectivity index (χ0v) is 16.9. The van der Waals surface area contributed by atoms with Crippen LogP contribution in [0.4, 0.5) is 13.2 Å². The summed E-state index contributed by atoms with van der Waals surface area (Å²) in [5.74, 6) is -0.320. The van der Waals surface area contributed by atoms with E-state index in [2.05, 4.69) is 20.4 Å². The van der Waals surface area contributed by atoms with E-state index < -0.39 is 6.36 Å². The van der Waals surface area contributed by atoms with Crippen molar-refractivity contribution in [2.75, 3.05) is 20.1 Å². The summed E-state index contributed by atoms with van der Waals surface area (Å²) in [5.41, 5.74) is 0.309. The quantitative estimate of drug-likeness (QED) is 0.309. The van der Waals surface area contributed by atoms with Crippen molar-refractivity contribution >= 4 is 17.8 Å². The number of likely N-dealkylation sites (tertiary alicyclic amines) is 1. The number of nitrogens with one attached hydrogen (secondary N) is 2. The number of hydrogen-bond donors (Lipinski definition) is 2. The first-order chi connectivity index (χ1) is 14.8. The summed E-state index contributed by atoms with van der Waals surface area (Å²) in [4.78, 5) is 30.7. The van der Waals surface area contributed by atoms with Gasteiger partial charge in [-0.3, -0.25) is 19.5 Å². The third-order valence-corrected chi connectivity index (χ3v) is 6.06. The highest BCUT2D eigenvalue weighted by Crippen LogP contribution is 2.52. The fourth-order valence-corrected chi connectivity index (χ4v) is 4.74. The molecule has 2 aliphatic carbocycles. The Morgan fingerprint density at radius 2 is 1.77 bits per heavy atom. The SMILES string of the molecule is CN=C(NCCN1C(=O)C2C3C=CC(C3)C2C1=O)NCc1ccccc1OC(F)(F)F. The molecule has 0 radical (unpaired) electrons. The minimum atomic E-state index is -4.78. The number of aliphatic imine (C=N–C) groups is 1. The van der Waals surface area contributed by atoms with E-state index in [0.29, 0.717) is 11.5 Å². The van der Waals surface area contributed by atoms with Gasteiger partial charge in [-0.2, -0.15) is 0 Å². The molecule has 4 atom stereocenters.